The lowest BCUT2D eigenvalue weighted by Gasteiger charge is -2.13. The molecule has 0 aromatic heterocycles. The molecule has 20 heavy (non-hydrogen) atoms. The Morgan fingerprint density at radius 3 is 2.45 bits per heavy atom. The molecule has 5 nitrogen and oxygen atoms in total. The van der Waals surface area contributed by atoms with E-state index in [1.807, 2.05) is 0 Å². The summed E-state index contributed by atoms with van der Waals surface area (Å²) >= 11 is 0. The number of fused-ring (bicyclic) bond motifs is 1. The zero-order chi connectivity index (χ0) is 14.7. The number of methoxy groups -OCH3 is 1. The van der Waals surface area contributed by atoms with Gasteiger partial charge in [-0.25, -0.2) is 4.79 Å². The molecule has 0 radical (unpaired) electrons. The maximum absolute atomic E-state index is 12.1. The number of rotatable bonds is 4. The Labute approximate surface area is 115 Å². The number of aliphatic carboxylic acids is 1. The number of hydrogen-bond donors (Lipinski definition) is 1. The molecule has 0 aliphatic carbocycles. The Hall–Kier alpha value is -2.56. The first-order chi connectivity index (χ1) is 9.54. The zero-order valence-electron chi connectivity index (χ0n) is 11.1. The fourth-order valence-corrected chi connectivity index (χ4v) is 1.90. The molecule has 1 N–H and O–H groups in total. The second-order valence-corrected chi connectivity index (χ2v) is 4.24. The molecule has 0 spiro atoms. The third-order valence-corrected chi connectivity index (χ3v) is 2.91. The minimum Gasteiger partial charge on any atom is -0.496 e. The average molecular weight is 274 g/mol. The molecule has 0 heterocycles. The van der Waals surface area contributed by atoms with E-state index in [1.54, 1.807) is 30.3 Å². The van der Waals surface area contributed by atoms with Gasteiger partial charge in [0.1, 0.15) is 11.5 Å². The minimum atomic E-state index is -1.10. The van der Waals surface area contributed by atoms with Crippen LogP contribution in [0.2, 0.25) is 0 Å². The highest BCUT2D eigenvalue weighted by Crippen LogP contribution is 2.30. The Kier molecular flexibility index (Phi) is 3.89. The summed E-state index contributed by atoms with van der Waals surface area (Å²) in [4.78, 5) is 23.0. The molecule has 0 bridgehead atoms. The Morgan fingerprint density at radius 1 is 1.15 bits per heavy atom. The largest absolute Gasteiger partial charge is 0.496 e. The molecule has 0 amide bonds. The van der Waals surface area contributed by atoms with Gasteiger partial charge in [0.05, 0.1) is 12.5 Å². The summed E-state index contributed by atoms with van der Waals surface area (Å²) in [5.41, 5.74) is -0.253. The van der Waals surface area contributed by atoms with E-state index >= 15 is 0 Å². The van der Waals surface area contributed by atoms with Crippen molar-refractivity contribution in [1.29, 1.82) is 0 Å². The molecule has 1 atom stereocenters. The van der Waals surface area contributed by atoms with Crippen LogP contribution in [0.4, 0.5) is 0 Å². The van der Waals surface area contributed by atoms with Gasteiger partial charge >= 0.3 is 5.97 Å². The van der Waals surface area contributed by atoms with E-state index in [0.717, 1.165) is 0 Å². The summed E-state index contributed by atoms with van der Waals surface area (Å²) in [6, 6.07) is 9.66. The minimum absolute atomic E-state index is 0.233. The highest BCUT2D eigenvalue weighted by Gasteiger charge is 2.16. The molecule has 0 aliphatic rings. The van der Waals surface area contributed by atoms with E-state index in [2.05, 4.69) is 0 Å². The van der Waals surface area contributed by atoms with E-state index in [9.17, 15) is 9.59 Å². The van der Waals surface area contributed by atoms with Gasteiger partial charge in [-0.15, -0.1) is 0 Å². The third-order valence-electron chi connectivity index (χ3n) is 2.91. The molecule has 104 valence electrons. The van der Waals surface area contributed by atoms with Crippen LogP contribution in [0.5, 0.6) is 11.5 Å². The lowest BCUT2D eigenvalue weighted by molar-refractivity contribution is -0.144. The summed E-state index contributed by atoms with van der Waals surface area (Å²) in [6.45, 7) is 1.41. The van der Waals surface area contributed by atoms with Gasteiger partial charge in [-0.05, 0) is 25.1 Å². The van der Waals surface area contributed by atoms with Crippen molar-refractivity contribution < 1.29 is 19.4 Å². The van der Waals surface area contributed by atoms with E-state index in [-0.39, 0.29) is 11.2 Å². The van der Waals surface area contributed by atoms with E-state index in [1.165, 1.54) is 20.1 Å². The fourth-order valence-electron chi connectivity index (χ4n) is 1.90. The first-order valence-corrected chi connectivity index (χ1v) is 6.04. The summed E-state index contributed by atoms with van der Waals surface area (Å²) < 4.78 is 10.6. The Balaban J connectivity index is 2.72. The van der Waals surface area contributed by atoms with Crippen molar-refractivity contribution in [3.63, 3.8) is 0 Å². The molecule has 5 heteroatoms. The molecule has 2 rings (SSSR count). The van der Waals surface area contributed by atoms with Crippen molar-refractivity contribution >= 4 is 16.7 Å². The Morgan fingerprint density at radius 2 is 1.80 bits per heavy atom. The molecule has 2 aromatic rings. The molecular formula is C15H14O5. The maximum atomic E-state index is 12.1. The van der Waals surface area contributed by atoms with Crippen molar-refractivity contribution in [3.05, 3.63) is 46.6 Å². The van der Waals surface area contributed by atoms with Crippen LogP contribution in [-0.4, -0.2) is 24.3 Å². The van der Waals surface area contributed by atoms with Gasteiger partial charge in [0, 0.05) is 5.39 Å². The van der Waals surface area contributed by atoms with Crippen LogP contribution in [0.1, 0.15) is 6.92 Å². The van der Waals surface area contributed by atoms with Crippen LogP contribution in [0.25, 0.3) is 10.8 Å². The van der Waals surface area contributed by atoms with E-state index in [0.29, 0.717) is 16.5 Å². The summed E-state index contributed by atoms with van der Waals surface area (Å²) in [7, 11) is 1.51. The van der Waals surface area contributed by atoms with Gasteiger partial charge < -0.3 is 14.6 Å². The molecule has 0 saturated heterocycles. The standard InChI is InChI=1S/C15H14O5/c1-9(15(17)18)20-13-8-7-12(19-2)10-5-3-4-6-11(16)14(10)13/h3-9H,1-2H3,(H,17,18)/t9-/m0/s1. The first-order valence-electron chi connectivity index (χ1n) is 6.04. The lowest BCUT2D eigenvalue weighted by Crippen LogP contribution is -2.23. The van der Waals surface area contributed by atoms with Crippen molar-refractivity contribution in [1.82, 2.24) is 0 Å². The van der Waals surface area contributed by atoms with Crippen molar-refractivity contribution in [2.75, 3.05) is 7.11 Å². The molecule has 0 saturated carbocycles. The number of ether oxygens (including phenoxy) is 2. The van der Waals surface area contributed by atoms with Gasteiger partial charge in [-0.3, -0.25) is 4.79 Å². The number of benzene rings is 1. The number of carboxylic acids is 1. The van der Waals surface area contributed by atoms with Crippen LogP contribution in [0.15, 0.2) is 41.2 Å². The molecule has 0 unspecified atom stereocenters. The fraction of sp³-hybridized carbons (Fsp3) is 0.200. The molecular weight excluding hydrogens is 260 g/mol. The molecule has 0 fully saturated rings. The monoisotopic (exact) mass is 274 g/mol. The van der Waals surface area contributed by atoms with Crippen molar-refractivity contribution in [2.24, 2.45) is 0 Å². The van der Waals surface area contributed by atoms with Crippen LogP contribution < -0.4 is 14.9 Å². The third kappa shape index (κ3) is 2.56. The summed E-state index contributed by atoms with van der Waals surface area (Å²) in [5, 5.41) is 9.80. The van der Waals surface area contributed by atoms with E-state index in [4.69, 9.17) is 14.6 Å². The smallest absolute Gasteiger partial charge is 0.344 e. The van der Waals surface area contributed by atoms with Crippen LogP contribution in [0, 0.1) is 0 Å². The van der Waals surface area contributed by atoms with Crippen molar-refractivity contribution in [3.8, 4) is 11.5 Å². The van der Waals surface area contributed by atoms with Crippen LogP contribution >= 0.6 is 0 Å². The van der Waals surface area contributed by atoms with Gasteiger partial charge in [-0.2, -0.15) is 0 Å². The lowest BCUT2D eigenvalue weighted by atomic mass is 10.1. The second kappa shape index (κ2) is 5.61. The molecule has 2 aromatic carbocycles. The maximum Gasteiger partial charge on any atom is 0.344 e. The van der Waals surface area contributed by atoms with Crippen LogP contribution in [-0.2, 0) is 4.79 Å². The topological polar surface area (TPSA) is 72.8 Å². The zero-order valence-corrected chi connectivity index (χ0v) is 11.1. The summed E-state index contributed by atoms with van der Waals surface area (Å²) in [6.07, 6.45) is -1.04. The Bertz CT molecular complexity index is 708. The number of hydrogen-bond acceptors (Lipinski definition) is 4. The van der Waals surface area contributed by atoms with Gasteiger partial charge in [0.2, 0.25) is 0 Å². The van der Waals surface area contributed by atoms with Gasteiger partial charge in [0.25, 0.3) is 0 Å². The summed E-state index contributed by atoms with van der Waals surface area (Å²) in [5.74, 6) is -0.331. The normalized spacial score (nSPS) is 11.9. The SMILES string of the molecule is COc1ccc(O[C@@H](C)C(=O)O)c2c(=O)ccccc12. The highest BCUT2D eigenvalue weighted by atomic mass is 16.5. The van der Waals surface area contributed by atoms with Crippen LogP contribution in [0.3, 0.4) is 0 Å². The van der Waals surface area contributed by atoms with Gasteiger partial charge in [0.15, 0.2) is 11.5 Å². The number of carboxylic acid groups (broad SMARTS) is 1. The first kappa shape index (κ1) is 13.9. The number of carbonyl (C=O) groups is 1. The molecule has 0 aliphatic heterocycles. The predicted octanol–water partition coefficient (Wildman–Crippen LogP) is 2.06. The average Bonchev–Trinajstić information content (AvgIpc) is 2.61. The quantitative estimate of drug-likeness (QED) is 0.923. The van der Waals surface area contributed by atoms with E-state index < -0.39 is 12.1 Å². The van der Waals surface area contributed by atoms with Gasteiger partial charge in [-0.1, -0.05) is 18.2 Å². The highest BCUT2D eigenvalue weighted by molar-refractivity contribution is 5.92. The van der Waals surface area contributed by atoms with Crippen molar-refractivity contribution in [2.45, 2.75) is 13.0 Å². The predicted molar refractivity (Wildman–Crippen MR) is 74.5 cm³/mol. The second-order valence-electron chi connectivity index (χ2n) is 4.24.